The summed E-state index contributed by atoms with van der Waals surface area (Å²) in [4.78, 5) is 0. The van der Waals surface area contributed by atoms with Gasteiger partial charge in [0.05, 0.1) is 60.3 Å². The van der Waals surface area contributed by atoms with Crippen molar-refractivity contribution in [1.29, 1.82) is 0 Å². The van der Waals surface area contributed by atoms with Crippen molar-refractivity contribution >= 4 is 86.2 Å². The van der Waals surface area contributed by atoms with Gasteiger partial charge in [-0.15, -0.1) is 0 Å². The third-order valence-electron chi connectivity index (χ3n) is 10.8. The smallest absolute Gasteiger partial charge is 0.0616 e. The summed E-state index contributed by atoms with van der Waals surface area (Å²) in [6, 6.07) is -37.6. The van der Waals surface area contributed by atoms with Crippen LogP contribution in [0.3, 0.4) is 0 Å². The predicted octanol–water partition coefficient (Wildman–Crippen LogP) is 19.3. The van der Waals surface area contributed by atoms with Gasteiger partial charge in [-0.05, 0) is 149 Å². The molecule has 0 nitrogen and oxygen atoms in total. The van der Waals surface area contributed by atoms with Crippen LogP contribution >= 0.6 is 0 Å². The highest BCUT2D eigenvalue weighted by Gasteiger charge is 2.19. The van der Waals surface area contributed by atoms with Crippen LogP contribution in [0.2, 0.25) is 0 Å². The van der Waals surface area contributed by atoms with Gasteiger partial charge in [0, 0.05) is 0 Å². The van der Waals surface area contributed by atoms with Gasteiger partial charge in [-0.3, -0.25) is 0 Å². The molecule has 0 spiro atoms. The maximum absolute atomic E-state index is 9.32. The van der Waals surface area contributed by atoms with Gasteiger partial charge in [-0.1, -0.05) is 248 Å². The topological polar surface area (TPSA) is 0 Å². The fourth-order valence-corrected chi connectivity index (χ4v) is 7.97. The predicted molar refractivity (Wildman–Crippen MR) is 295 cm³/mol. The van der Waals surface area contributed by atoms with Crippen molar-refractivity contribution in [3.63, 3.8) is 0 Å². The Labute approximate surface area is 457 Å². The van der Waals surface area contributed by atoms with E-state index in [4.69, 9.17) is 50.7 Å². The second-order valence-corrected chi connectivity index (χ2v) is 14.5. The SMILES string of the molecule is [2H]c1c([2H])c([2H])c2c([2H])c(-c3c4c([2H])c([2H])c([2H])c([2H])c4c(-c4c([2H])c([2H])c([2H])c5c([2H])c([2H])c([2H])c([2H])c45)c4c([2H])c([2H])c([2H])c([2H])c34)c([2H])c([2H])c2c1[2H].[2H]c1c([2H])c([2H])c2c([2H])c(-c3c4c([2H])c([2H])c([2H])c([2H])c4c(-c4c([2H])c([2H])c5c([2H])c([2H])c([2H])c([2H])c5c4[2H])c4c([2H])c([2H])c([2H])c([2H])c34)c([2H])c([2H])c2c1[2H]. The van der Waals surface area contributed by atoms with Gasteiger partial charge in [-0.2, -0.15) is 0 Å². The van der Waals surface area contributed by atoms with Crippen molar-refractivity contribution in [3.8, 4) is 44.5 Å². The minimum atomic E-state index is -0.915. The van der Waals surface area contributed by atoms with Crippen LogP contribution in [0.1, 0.15) is 60.3 Å². The number of rotatable bonds is 4. The van der Waals surface area contributed by atoms with E-state index in [1.54, 1.807) is 0 Å². The number of hydrogen-bond donors (Lipinski definition) is 0. The maximum Gasteiger partial charge on any atom is 0.0636 e. The molecule has 0 aliphatic heterocycles. The highest BCUT2D eigenvalue weighted by molar-refractivity contribution is 6.24. The summed E-state index contributed by atoms with van der Waals surface area (Å²) in [5.74, 6) is 0. The van der Waals surface area contributed by atoms with E-state index in [1.807, 2.05) is 0 Å². The molecule has 0 heterocycles. The zero-order valence-electron chi connectivity index (χ0n) is 78.0. The number of hydrogen-bond acceptors (Lipinski definition) is 0. The molecule has 0 atom stereocenters. The molecule has 0 radical (unpaired) electrons. The van der Waals surface area contributed by atoms with Crippen molar-refractivity contribution in [2.45, 2.75) is 0 Å². The maximum atomic E-state index is 9.32. The molecule has 0 fully saturated rings. The lowest BCUT2D eigenvalue weighted by Gasteiger charge is -2.19. The van der Waals surface area contributed by atoms with Crippen LogP contribution in [-0.4, -0.2) is 0 Å². The van der Waals surface area contributed by atoms with Gasteiger partial charge in [0.1, 0.15) is 0 Å². The summed E-state index contributed by atoms with van der Waals surface area (Å²) in [7, 11) is 0. The summed E-state index contributed by atoms with van der Waals surface area (Å²) in [5.41, 5.74) is -5.23. The van der Waals surface area contributed by atoms with Crippen molar-refractivity contribution in [3.05, 3.63) is 266 Å². The third kappa shape index (κ3) is 6.69. The van der Waals surface area contributed by atoms with Gasteiger partial charge in [0.15, 0.2) is 0 Å². The average molecular weight is 905 g/mol. The molecule has 0 saturated carbocycles. The summed E-state index contributed by atoms with van der Waals surface area (Å²) < 4.78 is 386. The van der Waals surface area contributed by atoms with E-state index in [2.05, 4.69) is 0 Å². The Balaban J connectivity index is 0.000000196. The van der Waals surface area contributed by atoms with E-state index in [0.717, 1.165) is 0 Å². The van der Waals surface area contributed by atoms with Crippen molar-refractivity contribution < 1.29 is 60.3 Å². The fraction of sp³-hybridized carbons (Fsp3) is 0. The van der Waals surface area contributed by atoms with E-state index in [9.17, 15) is 9.60 Å². The lowest BCUT2D eigenvalue weighted by atomic mass is 9.84. The Morgan fingerprint density at radius 3 is 0.765 bits per heavy atom. The lowest BCUT2D eigenvalue weighted by molar-refractivity contribution is 1.68. The van der Waals surface area contributed by atoms with Crippen LogP contribution in [0.5, 0.6) is 0 Å². The Morgan fingerprint density at radius 1 is 0.176 bits per heavy atom. The highest BCUT2D eigenvalue weighted by Crippen LogP contribution is 2.47. The van der Waals surface area contributed by atoms with Crippen LogP contribution < -0.4 is 0 Å². The van der Waals surface area contributed by atoms with Crippen LogP contribution in [-0.2, 0) is 0 Å². The first-order valence-electron chi connectivity index (χ1n) is 42.0. The minimum absolute atomic E-state index is 0.523. The fourth-order valence-electron chi connectivity index (χ4n) is 7.97. The van der Waals surface area contributed by atoms with Gasteiger partial charge in [0.2, 0.25) is 0 Å². The molecule has 14 rings (SSSR count). The quantitative estimate of drug-likeness (QED) is 0.154. The normalized spacial score (nSPS) is 20.6. The Hall–Kier alpha value is -8.84. The molecule has 0 saturated heterocycles. The molecular weight excluding hydrogens is 817 g/mol. The summed E-state index contributed by atoms with van der Waals surface area (Å²) >= 11 is 0. The van der Waals surface area contributed by atoms with Crippen molar-refractivity contribution in [2.24, 2.45) is 0 Å². The first kappa shape index (κ1) is 15.1. The van der Waals surface area contributed by atoms with Crippen LogP contribution in [0.15, 0.2) is 266 Å². The molecule has 0 unspecified atom stereocenters. The van der Waals surface area contributed by atoms with E-state index < -0.39 is 397 Å². The minimum Gasteiger partial charge on any atom is -0.0616 e. The molecule has 0 N–H and O–H groups in total. The summed E-state index contributed by atoms with van der Waals surface area (Å²) in [5, 5.41) is -9.50. The molecule has 0 heteroatoms. The molecule has 0 amide bonds. The average Bonchev–Trinajstić information content (AvgIpc) is 0.686. The third-order valence-corrected chi connectivity index (χ3v) is 10.8. The molecule has 0 bridgehead atoms. The second kappa shape index (κ2) is 16.5. The number of fused-ring (bicyclic) bond motifs is 8. The first-order chi connectivity index (χ1) is 52.1. The molecule has 0 aliphatic rings. The molecular formula is C68H44. The second-order valence-electron chi connectivity index (χ2n) is 14.5. The Kier molecular flexibility index (Phi) is 3.67. The van der Waals surface area contributed by atoms with E-state index in [-0.39, 0.29) is 0 Å². The van der Waals surface area contributed by atoms with Crippen molar-refractivity contribution in [1.82, 2.24) is 0 Å². The van der Waals surface area contributed by atoms with Gasteiger partial charge in [-0.25, -0.2) is 0 Å². The molecule has 0 aromatic heterocycles. The van der Waals surface area contributed by atoms with Crippen LogP contribution in [0.25, 0.3) is 131 Å². The van der Waals surface area contributed by atoms with Crippen molar-refractivity contribution in [2.75, 3.05) is 0 Å². The zero-order valence-corrected chi connectivity index (χ0v) is 34.0. The van der Waals surface area contributed by atoms with Crippen LogP contribution in [0.4, 0.5) is 0 Å². The Morgan fingerprint density at radius 2 is 0.426 bits per heavy atom. The van der Waals surface area contributed by atoms with Gasteiger partial charge in [0.25, 0.3) is 0 Å². The zero-order chi connectivity index (χ0) is 83.3. The highest BCUT2D eigenvalue weighted by atomic mass is 14.2. The molecule has 14 aromatic rings. The molecule has 316 valence electrons. The van der Waals surface area contributed by atoms with Gasteiger partial charge >= 0.3 is 0 Å². The standard InChI is InChI=1S/2C34H22/c1-3-11-25-21-27(19-17-23(25)9-1)33-29-13-5-7-15-31(29)34(32-16-8-6-14-30(32)33)28-20-18-24-10-2-4-12-26(24)22-28;1-2-12-25-22-26(21-20-23(25)10-1)33-29-15-5-7-17-31(29)34(32-18-8-6-16-30(32)33)28-19-9-13-24-11-3-4-14-27(24)28/h2*1-22H/i2*1D,2D,3D,4D,5D,6D,7D,8D,9D,10D,11D,12D,13D,14D,15D,16D,17D,18D,19D,20D,21D,22D. The van der Waals surface area contributed by atoms with E-state index in [0.29, 0.717) is 0 Å². The monoisotopic (exact) mass is 905 g/mol. The lowest BCUT2D eigenvalue weighted by Crippen LogP contribution is -1.91. The van der Waals surface area contributed by atoms with E-state index in [1.165, 1.54) is 0 Å². The molecule has 0 aliphatic carbocycles. The summed E-state index contributed by atoms with van der Waals surface area (Å²) in [6.45, 7) is 0. The molecule has 68 heavy (non-hydrogen) atoms. The first-order valence-corrected chi connectivity index (χ1v) is 20.0. The van der Waals surface area contributed by atoms with Gasteiger partial charge < -0.3 is 0 Å². The molecule has 14 aromatic carbocycles. The van der Waals surface area contributed by atoms with Crippen LogP contribution in [0, 0.1) is 0 Å². The Bertz CT molecular complexity index is 6500. The largest absolute Gasteiger partial charge is 0.0636 e. The summed E-state index contributed by atoms with van der Waals surface area (Å²) in [6.07, 6.45) is 0. The van der Waals surface area contributed by atoms with E-state index >= 15 is 0 Å². The number of benzene rings is 14.